The third-order valence-electron chi connectivity index (χ3n) is 2.49. The molecule has 2 aromatic carbocycles. The molecule has 0 aromatic heterocycles. The molecular weight excluding hydrogens is 316 g/mol. The highest BCUT2D eigenvalue weighted by molar-refractivity contribution is 9.10. The van der Waals surface area contributed by atoms with Gasteiger partial charge in [0.05, 0.1) is 0 Å². The maximum atomic E-state index is 13.8. The molecule has 2 nitrogen and oxygen atoms in total. The molecule has 0 saturated carbocycles. The van der Waals surface area contributed by atoms with Gasteiger partial charge in [0.15, 0.2) is 11.6 Å². The zero-order valence-electron chi connectivity index (χ0n) is 10.00. The van der Waals surface area contributed by atoms with Crippen LogP contribution in [0.2, 0.25) is 0 Å². The van der Waals surface area contributed by atoms with E-state index in [0.717, 1.165) is 5.56 Å². The van der Waals surface area contributed by atoms with E-state index < -0.39 is 11.6 Å². The summed E-state index contributed by atoms with van der Waals surface area (Å²) in [6.07, 6.45) is 0.600. The van der Waals surface area contributed by atoms with Crippen molar-refractivity contribution in [2.45, 2.75) is 6.42 Å². The number of halogens is 3. The van der Waals surface area contributed by atoms with E-state index in [2.05, 4.69) is 15.9 Å². The Kier molecular flexibility index (Phi) is 4.50. The van der Waals surface area contributed by atoms with Gasteiger partial charge < -0.3 is 10.5 Å². The molecule has 5 heteroatoms. The summed E-state index contributed by atoms with van der Waals surface area (Å²) in [6.45, 7) is 0.455. The van der Waals surface area contributed by atoms with E-state index in [1.54, 1.807) is 12.1 Å². The van der Waals surface area contributed by atoms with Gasteiger partial charge in [0.2, 0.25) is 0 Å². The number of benzene rings is 2. The van der Waals surface area contributed by atoms with E-state index in [-0.39, 0.29) is 11.5 Å². The summed E-state index contributed by atoms with van der Waals surface area (Å²) >= 11 is 3.15. The number of nitrogens with two attached hydrogens (primary N) is 1. The lowest BCUT2D eigenvalue weighted by Gasteiger charge is -2.08. The third-order valence-corrected chi connectivity index (χ3v) is 2.95. The fraction of sp³-hybridized carbons (Fsp3) is 0.143. The molecule has 0 aliphatic heterocycles. The van der Waals surface area contributed by atoms with Gasteiger partial charge in [0.25, 0.3) is 0 Å². The van der Waals surface area contributed by atoms with Crippen molar-refractivity contribution in [1.82, 2.24) is 0 Å². The lowest BCUT2D eigenvalue weighted by atomic mass is 10.1. The lowest BCUT2D eigenvalue weighted by molar-refractivity contribution is 0.438. The Hall–Kier alpha value is -1.46. The molecule has 2 rings (SSSR count). The van der Waals surface area contributed by atoms with Gasteiger partial charge in [-0.25, -0.2) is 8.78 Å². The van der Waals surface area contributed by atoms with Gasteiger partial charge in [-0.05, 0) is 42.8 Å². The first-order valence-corrected chi connectivity index (χ1v) is 6.50. The third kappa shape index (κ3) is 3.75. The second kappa shape index (κ2) is 6.12. The molecule has 0 saturated heterocycles. The molecule has 2 N–H and O–H groups in total. The van der Waals surface area contributed by atoms with Gasteiger partial charge in [-0.3, -0.25) is 0 Å². The van der Waals surface area contributed by atoms with Crippen molar-refractivity contribution in [2.75, 3.05) is 6.54 Å². The van der Waals surface area contributed by atoms with E-state index in [4.69, 9.17) is 10.5 Å². The average molecular weight is 328 g/mol. The largest absolute Gasteiger partial charge is 0.454 e. The molecule has 0 aliphatic carbocycles. The van der Waals surface area contributed by atoms with Crippen molar-refractivity contribution in [1.29, 1.82) is 0 Å². The van der Waals surface area contributed by atoms with Crippen molar-refractivity contribution in [3.05, 3.63) is 58.1 Å². The maximum absolute atomic E-state index is 13.8. The Morgan fingerprint density at radius 2 is 1.89 bits per heavy atom. The van der Waals surface area contributed by atoms with E-state index in [0.29, 0.717) is 17.4 Å². The van der Waals surface area contributed by atoms with Crippen LogP contribution < -0.4 is 10.5 Å². The highest BCUT2D eigenvalue weighted by Gasteiger charge is 2.07. The van der Waals surface area contributed by atoms with Gasteiger partial charge >= 0.3 is 0 Å². The minimum atomic E-state index is -0.494. The molecule has 0 heterocycles. The average Bonchev–Trinajstić information content (AvgIpc) is 2.32. The van der Waals surface area contributed by atoms with Crippen LogP contribution in [0.15, 0.2) is 40.9 Å². The summed E-state index contributed by atoms with van der Waals surface area (Å²) in [5, 5.41) is 0. The molecule has 2 aromatic rings. The van der Waals surface area contributed by atoms with Crippen LogP contribution in [0.5, 0.6) is 11.5 Å². The highest BCUT2D eigenvalue weighted by atomic mass is 79.9. The van der Waals surface area contributed by atoms with Gasteiger partial charge in [-0.15, -0.1) is 0 Å². The van der Waals surface area contributed by atoms with Gasteiger partial charge in [0.1, 0.15) is 11.6 Å². The van der Waals surface area contributed by atoms with E-state index >= 15 is 0 Å². The molecule has 0 fully saturated rings. The number of rotatable bonds is 4. The molecule has 0 atom stereocenters. The summed E-state index contributed by atoms with van der Waals surface area (Å²) in [7, 11) is 0. The van der Waals surface area contributed by atoms with Crippen LogP contribution in [-0.4, -0.2) is 6.54 Å². The summed E-state index contributed by atoms with van der Waals surface area (Å²) in [5.41, 5.74) is 6.20. The van der Waals surface area contributed by atoms with Crippen molar-refractivity contribution in [3.8, 4) is 11.5 Å². The standard InChI is InChI=1S/C14H12BrF2NO/c15-10-6-11(16)8-12(7-10)19-14-2-1-9(3-4-18)5-13(14)17/h1-2,5-8H,3-4,18H2. The Morgan fingerprint density at radius 3 is 2.53 bits per heavy atom. The number of hydrogen-bond acceptors (Lipinski definition) is 2. The smallest absolute Gasteiger partial charge is 0.165 e. The topological polar surface area (TPSA) is 35.2 Å². The van der Waals surface area contributed by atoms with Crippen LogP contribution in [-0.2, 0) is 6.42 Å². The Morgan fingerprint density at radius 1 is 1.11 bits per heavy atom. The lowest BCUT2D eigenvalue weighted by Crippen LogP contribution is -2.03. The van der Waals surface area contributed by atoms with E-state index in [1.165, 1.54) is 24.3 Å². The second-order valence-corrected chi connectivity index (χ2v) is 4.93. The molecule has 0 unspecified atom stereocenters. The van der Waals surface area contributed by atoms with E-state index in [9.17, 15) is 8.78 Å². The fourth-order valence-electron chi connectivity index (χ4n) is 1.66. The first-order chi connectivity index (χ1) is 9.08. The van der Waals surface area contributed by atoms with Crippen molar-refractivity contribution in [2.24, 2.45) is 5.73 Å². The van der Waals surface area contributed by atoms with Crippen molar-refractivity contribution >= 4 is 15.9 Å². The Labute approximate surface area is 118 Å². The Bertz CT molecular complexity index is 569. The minimum Gasteiger partial charge on any atom is -0.454 e. The maximum Gasteiger partial charge on any atom is 0.165 e. The normalized spacial score (nSPS) is 10.5. The van der Waals surface area contributed by atoms with Crippen LogP contribution in [0.4, 0.5) is 8.78 Å². The van der Waals surface area contributed by atoms with Gasteiger partial charge in [-0.1, -0.05) is 22.0 Å². The molecule has 0 spiro atoms. The molecule has 0 bridgehead atoms. The summed E-state index contributed by atoms with van der Waals surface area (Å²) < 4.78 is 32.8. The first-order valence-electron chi connectivity index (χ1n) is 5.71. The Balaban J connectivity index is 2.23. The second-order valence-electron chi connectivity index (χ2n) is 4.01. The van der Waals surface area contributed by atoms with E-state index in [1.807, 2.05) is 0 Å². The van der Waals surface area contributed by atoms with Crippen LogP contribution in [0, 0.1) is 11.6 Å². The van der Waals surface area contributed by atoms with Crippen LogP contribution in [0.1, 0.15) is 5.56 Å². The van der Waals surface area contributed by atoms with Crippen molar-refractivity contribution < 1.29 is 13.5 Å². The van der Waals surface area contributed by atoms with Crippen LogP contribution in [0.25, 0.3) is 0 Å². The monoisotopic (exact) mass is 327 g/mol. The molecule has 19 heavy (non-hydrogen) atoms. The molecule has 0 radical (unpaired) electrons. The highest BCUT2D eigenvalue weighted by Crippen LogP contribution is 2.28. The van der Waals surface area contributed by atoms with Crippen LogP contribution >= 0.6 is 15.9 Å². The number of hydrogen-bond donors (Lipinski definition) is 1. The number of ether oxygens (including phenoxy) is 1. The summed E-state index contributed by atoms with van der Waals surface area (Å²) in [6, 6.07) is 8.68. The summed E-state index contributed by atoms with van der Waals surface area (Å²) in [4.78, 5) is 0. The summed E-state index contributed by atoms with van der Waals surface area (Å²) in [5.74, 6) is -0.661. The van der Waals surface area contributed by atoms with Gasteiger partial charge in [-0.2, -0.15) is 0 Å². The fourth-order valence-corrected chi connectivity index (χ4v) is 2.11. The zero-order valence-corrected chi connectivity index (χ0v) is 11.6. The predicted molar refractivity (Wildman–Crippen MR) is 73.3 cm³/mol. The molecule has 100 valence electrons. The molecular formula is C14H12BrF2NO. The van der Waals surface area contributed by atoms with Gasteiger partial charge in [0, 0.05) is 10.5 Å². The molecule has 0 aliphatic rings. The quantitative estimate of drug-likeness (QED) is 0.920. The SMILES string of the molecule is NCCc1ccc(Oc2cc(F)cc(Br)c2)c(F)c1. The minimum absolute atomic E-state index is 0.0540. The first kappa shape index (κ1) is 14.0. The molecule has 0 amide bonds. The van der Waals surface area contributed by atoms with Crippen molar-refractivity contribution in [3.63, 3.8) is 0 Å². The predicted octanol–water partition coefficient (Wildman–Crippen LogP) is 4.02. The zero-order chi connectivity index (χ0) is 13.8. The van der Waals surface area contributed by atoms with Crippen LogP contribution in [0.3, 0.4) is 0 Å².